The second kappa shape index (κ2) is 5.02. The first-order valence-electron chi connectivity index (χ1n) is 4.95. The summed E-state index contributed by atoms with van der Waals surface area (Å²) in [5.41, 5.74) is 1.28. The maximum Gasteiger partial charge on any atom is 0.120 e. The predicted octanol–water partition coefficient (Wildman–Crippen LogP) is 1.23. The number of allylic oxidation sites excluding steroid dienone is 1. The Kier molecular flexibility index (Phi) is 3.96. The first kappa shape index (κ1) is 10.3. The molecule has 3 nitrogen and oxygen atoms in total. The van der Waals surface area contributed by atoms with E-state index in [1.807, 2.05) is 6.08 Å². The zero-order valence-electron chi connectivity index (χ0n) is 8.56. The van der Waals surface area contributed by atoms with Gasteiger partial charge in [-0.15, -0.1) is 0 Å². The van der Waals surface area contributed by atoms with Gasteiger partial charge >= 0.3 is 0 Å². The number of rotatable bonds is 2. The van der Waals surface area contributed by atoms with Gasteiger partial charge in [0.15, 0.2) is 0 Å². The van der Waals surface area contributed by atoms with Crippen LogP contribution in [0.25, 0.3) is 0 Å². The third kappa shape index (κ3) is 3.19. The van der Waals surface area contributed by atoms with Crippen molar-refractivity contribution < 1.29 is 0 Å². The minimum atomic E-state index is 0.667. The van der Waals surface area contributed by atoms with Crippen LogP contribution >= 0.6 is 0 Å². The molecular formula is C10H19N3. The molecule has 1 rings (SSSR count). The lowest BCUT2D eigenvalue weighted by Gasteiger charge is -2.28. The number of hydrogen-bond acceptors (Lipinski definition) is 2. The molecule has 0 atom stereocenters. The molecule has 2 N–H and O–H groups in total. The van der Waals surface area contributed by atoms with E-state index in [2.05, 4.69) is 24.1 Å². The van der Waals surface area contributed by atoms with Crippen LogP contribution in [0.1, 0.15) is 20.3 Å². The van der Waals surface area contributed by atoms with Crippen LogP contribution in [-0.2, 0) is 0 Å². The Morgan fingerprint density at radius 2 is 2.08 bits per heavy atom. The van der Waals surface area contributed by atoms with Gasteiger partial charge in [0, 0.05) is 26.2 Å². The summed E-state index contributed by atoms with van der Waals surface area (Å²) in [6, 6.07) is 0. The molecule has 1 fully saturated rings. The van der Waals surface area contributed by atoms with Crippen LogP contribution < -0.4 is 5.32 Å². The number of nitrogens with zero attached hydrogens (tertiary/aromatic N) is 1. The molecule has 0 aromatic carbocycles. The Labute approximate surface area is 80.3 Å². The van der Waals surface area contributed by atoms with Crippen molar-refractivity contribution in [3.63, 3.8) is 0 Å². The predicted molar refractivity (Wildman–Crippen MR) is 56.2 cm³/mol. The van der Waals surface area contributed by atoms with Crippen molar-refractivity contribution in [2.45, 2.75) is 20.3 Å². The number of piperazine rings is 1. The van der Waals surface area contributed by atoms with Gasteiger partial charge in [-0.1, -0.05) is 12.5 Å². The Morgan fingerprint density at radius 3 is 2.62 bits per heavy atom. The molecule has 0 radical (unpaired) electrons. The van der Waals surface area contributed by atoms with Crippen molar-refractivity contribution in [1.82, 2.24) is 10.2 Å². The molecule has 1 aliphatic rings. The van der Waals surface area contributed by atoms with Gasteiger partial charge in [-0.3, -0.25) is 5.41 Å². The third-order valence-corrected chi connectivity index (χ3v) is 2.40. The number of hydrogen-bond donors (Lipinski definition) is 2. The van der Waals surface area contributed by atoms with Crippen LogP contribution in [0.4, 0.5) is 0 Å². The molecule has 0 bridgehead atoms. The van der Waals surface area contributed by atoms with Gasteiger partial charge in [-0.05, 0) is 19.4 Å². The van der Waals surface area contributed by atoms with Crippen LogP contribution in [0.2, 0.25) is 0 Å². The zero-order valence-corrected chi connectivity index (χ0v) is 8.56. The highest BCUT2D eigenvalue weighted by atomic mass is 15.2. The van der Waals surface area contributed by atoms with Crippen molar-refractivity contribution in [1.29, 1.82) is 5.41 Å². The van der Waals surface area contributed by atoms with E-state index in [0.717, 1.165) is 32.6 Å². The highest BCUT2D eigenvalue weighted by molar-refractivity contribution is 5.90. The van der Waals surface area contributed by atoms with E-state index in [1.54, 1.807) is 0 Å². The second-order valence-electron chi connectivity index (χ2n) is 3.47. The molecule has 1 heterocycles. The van der Waals surface area contributed by atoms with E-state index in [0.29, 0.717) is 5.84 Å². The summed E-state index contributed by atoms with van der Waals surface area (Å²) in [4.78, 5) is 2.12. The highest BCUT2D eigenvalue weighted by Crippen LogP contribution is 2.01. The summed E-state index contributed by atoms with van der Waals surface area (Å²) in [6.45, 7) is 8.13. The minimum absolute atomic E-state index is 0.667. The van der Waals surface area contributed by atoms with Gasteiger partial charge < -0.3 is 10.2 Å². The molecule has 0 aromatic heterocycles. The summed E-state index contributed by atoms with van der Waals surface area (Å²) < 4.78 is 0. The van der Waals surface area contributed by atoms with Crippen molar-refractivity contribution in [2.24, 2.45) is 0 Å². The molecule has 0 unspecified atom stereocenters. The van der Waals surface area contributed by atoms with E-state index >= 15 is 0 Å². The molecule has 0 aromatic rings. The maximum atomic E-state index is 7.84. The number of nitrogens with one attached hydrogen (secondary N) is 2. The minimum Gasteiger partial charge on any atom is -0.355 e. The van der Waals surface area contributed by atoms with Crippen molar-refractivity contribution in [2.75, 3.05) is 26.2 Å². The van der Waals surface area contributed by atoms with Gasteiger partial charge in [0.2, 0.25) is 0 Å². The van der Waals surface area contributed by atoms with Crippen LogP contribution in [0.3, 0.4) is 0 Å². The van der Waals surface area contributed by atoms with Crippen LogP contribution in [-0.4, -0.2) is 36.9 Å². The van der Waals surface area contributed by atoms with E-state index in [1.165, 1.54) is 5.57 Å². The summed E-state index contributed by atoms with van der Waals surface area (Å²) in [5.74, 6) is 0.667. The monoisotopic (exact) mass is 181 g/mol. The van der Waals surface area contributed by atoms with Gasteiger partial charge in [0.1, 0.15) is 5.84 Å². The molecule has 13 heavy (non-hydrogen) atoms. The third-order valence-electron chi connectivity index (χ3n) is 2.40. The lowest BCUT2D eigenvalue weighted by atomic mass is 10.2. The highest BCUT2D eigenvalue weighted by Gasteiger charge is 2.10. The Morgan fingerprint density at radius 1 is 1.46 bits per heavy atom. The first-order valence-corrected chi connectivity index (χ1v) is 4.95. The Bertz CT molecular complexity index is 202. The van der Waals surface area contributed by atoms with Gasteiger partial charge in [-0.2, -0.15) is 0 Å². The molecular weight excluding hydrogens is 162 g/mol. The molecule has 0 amide bonds. The zero-order chi connectivity index (χ0) is 9.68. The number of amidine groups is 1. The maximum absolute atomic E-state index is 7.84. The topological polar surface area (TPSA) is 39.1 Å². The van der Waals surface area contributed by atoms with Crippen LogP contribution in [0, 0.1) is 5.41 Å². The molecule has 1 saturated heterocycles. The average Bonchev–Trinajstić information content (AvgIpc) is 2.19. The summed E-state index contributed by atoms with van der Waals surface area (Å²) in [6.07, 6.45) is 3.01. The Hall–Kier alpha value is -0.830. The van der Waals surface area contributed by atoms with E-state index in [9.17, 15) is 0 Å². The van der Waals surface area contributed by atoms with E-state index < -0.39 is 0 Å². The molecule has 0 spiro atoms. The normalized spacial score (nSPS) is 18.9. The van der Waals surface area contributed by atoms with Crippen LogP contribution in [0.5, 0.6) is 0 Å². The largest absolute Gasteiger partial charge is 0.355 e. The van der Waals surface area contributed by atoms with Gasteiger partial charge in [0.05, 0.1) is 0 Å². The van der Waals surface area contributed by atoms with E-state index in [4.69, 9.17) is 5.41 Å². The fraction of sp³-hybridized carbons (Fsp3) is 0.700. The lowest BCUT2D eigenvalue weighted by molar-refractivity contribution is 0.357. The SMILES string of the molecule is CC/C(C)=C\C(=N)N1CCNCC1. The Balaban J connectivity index is 2.46. The first-order chi connectivity index (χ1) is 6.24. The smallest absolute Gasteiger partial charge is 0.120 e. The van der Waals surface area contributed by atoms with E-state index in [-0.39, 0.29) is 0 Å². The summed E-state index contributed by atoms with van der Waals surface area (Å²) >= 11 is 0. The van der Waals surface area contributed by atoms with Gasteiger partial charge in [-0.25, -0.2) is 0 Å². The molecule has 74 valence electrons. The molecule has 1 aliphatic heterocycles. The second-order valence-corrected chi connectivity index (χ2v) is 3.47. The quantitative estimate of drug-likeness (QED) is 0.497. The summed E-state index contributed by atoms with van der Waals surface area (Å²) in [5, 5.41) is 11.1. The standard InChI is InChI=1S/C10H19N3/c1-3-9(2)8-10(11)13-6-4-12-5-7-13/h8,11-12H,3-7H2,1-2H3/b9-8-,11-10?. The van der Waals surface area contributed by atoms with Gasteiger partial charge in [0.25, 0.3) is 0 Å². The average molecular weight is 181 g/mol. The lowest BCUT2D eigenvalue weighted by Crippen LogP contribution is -2.45. The molecule has 3 heteroatoms. The molecule has 0 saturated carbocycles. The van der Waals surface area contributed by atoms with Crippen molar-refractivity contribution >= 4 is 5.84 Å². The molecule has 0 aliphatic carbocycles. The summed E-state index contributed by atoms with van der Waals surface area (Å²) in [7, 11) is 0. The fourth-order valence-electron chi connectivity index (χ4n) is 1.33. The van der Waals surface area contributed by atoms with Crippen LogP contribution in [0.15, 0.2) is 11.6 Å². The van der Waals surface area contributed by atoms with Crippen molar-refractivity contribution in [3.05, 3.63) is 11.6 Å². The van der Waals surface area contributed by atoms with Crippen molar-refractivity contribution in [3.8, 4) is 0 Å². The fourth-order valence-corrected chi connectivity index (χ4v) is 1.33.